The molecular formula is C46H49N2NiO2PS. The molecule has 0 atom stereocenters. The number of rotatable bonds is 10. The predicted molar refractivity (Wildman–Crippen MR) is 226 cm³/mol. The molecule has 0 heterocycles. The van der Waals surface area contributed by atoms with E-state index in [9.17, 15) is 8.42 Å². The Morgan fingerprint density at radius 1 is 0.585 bits per heavy atom. The quantitative estimate of drug-likeness (QED) is 0.0789. The second-order valence-electron chi connectivity index (χ2n) is 13.7. The van der Waals surface area contributed by atoms with Gasteiger partial charge in [0.25, 0.3) is 0 Å². The first-order valence-electron chi connectivity index (χ1n) is 17.8. The van der Waals surface area contributed by atoms with Crippen LogP contribution in [0.2, 0.25) is 0 Å². The number of sulfonamides is 1. The third-order valence-electron chi connectivity index (χ3n) is 8.88. The van der Waals surface area contributed by atoms with Crippen molar-refractivity contribution in [2.45, 2.75) is 65.2 Å². The summed E-state index contributed by atoms with van der Waals surface area (Å²) in [5.41, 5.74) is 6.78. The van der Waals surface area contributed by atoms with Crippen LogP contribution >= 0.6 is 7.92 Å². The van der Waals surface area contributed by atoms with Gasteiger partial charge in [0, 0.05) is 22.7 Å². The number of hydrogen-bond donors (Lipinski definition) is 0. The molecule has 6 aromatic rings. The van der Waals surface area contributed by atoms with Gasteiger partial charge >= 0.3 is 0 Å². The second kappa shape index (κ2) is 19.1. The minimum absolute atomic E-state index is 0. The van der Waals surface area contributed by atoms with Gasteiger partial charge in [0.1, 0.15) is 25.9 Å². The minimum atomic E-state index is -3.88. The zero-order chi connectivity index (χ0) is 37.3. The number of para-hydroxylation sites is 1. The zero-order valence-electron chi connectivity index (χ0n) is 31.5. The van der Waals surface area contributed by atoms with E-state index in [0.29, 0.717) is 34.2 Å². The van der Waals surface area contributed by atoms with E-state index in [2.05, 4.69) is 142 Å². The van der Waals surface area contributed by atoms with Gasteiger partial charge < -0.3 is 4.72 Å². The molecule has 0 aliphatic rings. The number of aryl methyl sites for hydroxylation is 3. The molecule has 6 rings (SSSR count). The third kappa shape index (κ3) is 10.6. The van der Waals surface area contributed by atoms with Gasteiger partial charge in [0.2, 0.25) is 0 Å². The first kappa shape index (κ1) is 41.4. The average Bonchev–Trinajstić information content (AvgIpc) is 3.12. The summed E-state index contributed by atoms with van der Waals surface area (Å²) in [5, 5.41) is 4.31. The minimum Gasteiger partial charge on any atom is -0.572 e. The van der Waals surface area contributed by atoms with Crippen molar-refractivity contribution in [3.8, 4) is 0 Å². The smallest absolute Gasteiger partial charge is 0.123 e. The fraction of sp³-hybridized carbons (Fsp3) is 0.196. The van der Waals surface area contributed by atoms with Gasteiger partial charge in [0.15, 0.2) is 0 Å². The summed E-state index contributed by atoms with van der Waals surface area (Å²) in [6.07, 6.45) is 1.73. The number of hydrogen-bond acceptors (Lipinski definition) is 3. The van der Waals surface area contributed by atoms with E-state index >= 15 is 0 Å². The molecular weight excluding hydrogens is 734 g/mol. The maximum Gasteiger partial charge on any atom is 0.123 e. The fourth-order valence-corrected chi connectivity index (χ4v) is 10.6. The Morgan fingerprint density at radius 3 is 1.43 bits per heavy atom. The summed E-state index contributed by atoms with van der Waals surface area (Å²) in [6.45, 7) is 14.2. The van der Waals surface area contributed by atoms with Gasteiger partial charge in [0.05, 0.1) is 18.5 Å². The van der Waals surface area contributed by atoms with Gasteiger partial charge in [-0.15, -0.1) is 5.69 Å². The van der Waals surface area contributed by atoms with Crippen LogP contribution in [0.25, 0.3) is 4.72 Å². The molecule has 0 spiro atoms. The Kier molecular flexibility index (Phi) is 14.9. The first-order valence-corrected chi connectivity index (χ1v) is 20.7. The third-order valence-corrected chi connectivity index (χ3v) is 13.2. The van der Waals surface area contributed by atoms with E-state index in [1.165, 1.54) is 27.0 Å². The molecule has 0 radical (unpaired) electrons. The van der Waals surface area contributed by atoms with E-state index < -0.39 is 17.9 Å². The normalized spacial score (nSPS) is 11.4. The molecule has 0 N–H and O–H groups in total. The summed E-state index contributed by atoms with van der Waals surface area (Å²) in [7, 11) is -4.75. The molecule has 0 saturated heterocycles. The fourth-order valence-electron chi connectivity index (χ4n) is 6.54. The average molecular weight is 784 g/mol. The molecule has 0 saturated carbocycles. The van der Waals surface area contributed by atoms with Gasteiger partial charge in [-0.1, -0.05) is 142 Å². The van der Waals surface area contributed by atoms with Crippen LogP contribution in [-0.2, 0) is 26.5 Å². The SMILES string of the molecule is Cc1cc(C)c(S(=O)(=O)[N-]c2ccccc2C=Nc2c(C(C)C)cccc2C(C)C)c(C)c1.[Ni].c1ccc([PH+](c2ccccc2)c2ccccc2)cc1. The van der Waals surface area contributed by atoms with Crippen LogP contribution < -0.4 is 15.9 Å². The van der Waals surface area contributed by atoms with Crippen molar-refractivity contribution >= 4 is 51.4 Å². The Hall–Kier alpha value is -4.34. The van der Waals surface area contributed by atoms with Crippen molar-refractivity contribution in [2.75, 3.05) is 0 Å². The zero-order valence-corrected chi connectivity index (χ0v) is 34.3. The van der Waals surface area contributed by atoms with Crippen LogP contribution in [-0.4, -0.2) is 14.6 Å². The summed E-state index contributed by atoms with van der Waals surface area (Å²) in [4.78, 5) is 5.12. The molecule has 6 aromatic carbocycles. The van der Waals surface area contributed by atoms with Crippen molar-refractivity contribution in [2.24, 2.45) is 4.99 Å². The topological polar surface area (TPSA) is 60.6 Å². The Morgan fingerprint density at radius 2 is 1.00 bits per heavy atom. The van der Waals surface area contributed by atoms with E-state index in [4.69, 9.17) is 4.99 Å². The van der Waals surface area contributed by atoms with Crippen molar-refractivity contribution in [1.29, 1.82) is 0 Å². The first-order chi connectivity index (χ1) is 25.0. The molecule has 0 amide bonds. The second-order valence-corrected chi connectivity index (χ2v) is 17.7. The van der Waals surface area contributed by atoms with Crippen LogP contribution in [0.1, 0.15) is 72.9 Å². The van der Waals surface area contributed by atoms with Crippen molar-refractivity contribution < 1.29 is 24.9 Å². The summed E-state index contributed by atoms with van der Waals surface area (Å²) >= 11 is 0. The van der Waals surface area contributed by atoms with Crippen molar-refractivity contribution in [3.05, 3.63) is 184 Å². The van der Waals surface area contributed by atoms with E-state index in [1.807, 2.05) is 45.0 Å². The molecule has 0 unspecified atom stereocenters. The van der Waals surface area contributed by atoms with Crippen LogP contribution in [0.4, 0.5) is 11.4 Å². The Labute approximate surface area is 328 Å². The summed E-state index contributed by atoms with van der Waals surface area (Å²) < 4.78 is 30.7. The Balaban J connectivity index is 0.000000265. The molecule has 0 fully saturated rings. The van der Waals surface area contributed by atoms with Crippen molar-refractivity contribution in [3.63, 3.8) is 0 Å². The van der Waals surface area contributed by atoms with Crippen LogP contribution in [0.15, 0.2) is 155 Å². The largest absolute Gasteiger partial charge is 0.572 e. The van der Waals surface area contributed by atoms with Gasteiger partial charge in [-0.2, -0.15) is 0 Å². The molecule has 7 heteroatoms. The standard InChI is InChI=1S/C28H33N2O2S.C18H15P.Ni/c1-18(2)24-12-10-13-25(19(3)4)27(24)29-17-23-11-8-9-14-26(23)30-33(31,32)28-21(6)15-20(5)16-22(28)7;1-4-10-16(11-5-1)19(17-12-6-2-7-13-17)18-14-8-3-9-15-18;/h8-19H,1-7H3;1-15H;/q-1;;/p+1. The number of aliphatic imine (C=N–C) groups is 1. The maximum atomic E-state index is 13.3. The van der Waals surface area contributed by atoms with Crippen LogP contribution in [0.5, 0.6) is 0 Å². The molecule has 0 aliphatic carbocycles. The molecule has 0 aliphatic heterocycles. The Bertz CT molecular complexity index is 2080. The monoisotopic (exact) mass is 782 g/mol. The number of nitrogens with zero attached hydrogens (tertiary/aromatic N) is 2. The molecule has 53 heavy (non-hydrogen) atoms. The van der Waals surface area contributed by atoms with Crippen molar-refractivity contribution in [1.82, 2.24) is 0 Å². The van der Waals surface area contributed by atoms with Gasteiger partial charge in [-0.3, -0.25) is 4.99 Å². The van der Waals surface area contributed by atoms with Gasteiger partial charge in [-0.25, -0.2) is 8.42 Å². The van der Waals surface area contributed by atoms with Crippen LogP contribution in [0.3, 0.4) is 0 Å². The summed E-state index contributed by atoms with van der Waals surface area (Å²) in [5.74, 6) is 0.646. The summed E-state index contributed by atoms with van der Waals surface area (Å²) in [6, 6.07) is 49.8. The molecule has 276 valence electrons. The van der Waals surface area contributed by atoms with Crippen LogP contribution in [0, 0.1) is 20.8 Å². The van der Waals surface area contributed by atoms with E-state index in [1.54, 1.807) is 18.3 Å². The molecule has 4 nitrogen and oxygen atoms in total. The molecule has 0 bridgehead atoms. The molecule has 0 aromatic heterocycles. The number of benzene rings is 6. The van der Waals surface area contributed by atoms with E-state index in [-0.39, 0.29) is 21.4 Å². The predicted octanol–water partition coefficient (Wildman–Crippen LogP) is 11.2. The van der Waals surface area contributed by atoms with Gasteiger partial charge in [-0.05, 0) is 96.8 Å². The van der Waals surface area contributed by atoms with E-state index in [0.717, 1.165) is 11.3 Å². The maximum absolute atomic E-state index is 13.3.